The van der Waals surface area contributed by atoms with Crippen molar-refractivity contribution in [2.24, 2.45) is 0 Å². The number of benzene rings is 1. The van der Waals surface area contributed by atoms with Crippen molar-refractivity contribution in [3.05, 3.63) is 71.3 Å². The molecule has 0 amide bonds. The van der Waals surface area contributed by atoms with E-state index in [2.05, 4.69) is 10.1 Å². The van der Waals surface area contributed by atoms with E-state index >= 15 is 8.78 Å². The van der Waals surface area contributed by atoms with Crippen LogP contribution in [0, 0.1) is 18.6 Å². The van der Waals surface area contributed by atoms with Crippen molar-refractivity contribution in [2.75, 3.05) is 26.8 Å². The largest absolute Gasteiger partial charge is 0.476 e. The summed E-state index contributed by atoms with van der Waals surface area (Å²) in [5, 5.41) is 12.9. The van der Waals surface area contributed by atoms with Crippen LogP contribution in [-0.4, -0.2) is 74.0 Å². The molecule has 192 valence electrons. The Morgan fingerprint density at radius 1 is 1.19 bits per heavy atom. The monoisotopic (exact) mass is 511 g/mol. The zero-order valence-electron chi connectivity index (χ0n) is 20.0. The molecule has 1 aliphatic rings. The van der Waals surface area contributed by atoms with Crippen molar-refractivity contribution in [1.82, 2.24) is 24.1 Å². The molecular weight excluding hydrogens is 488 g/mol. The summed E-state index contributed by atoms with van der Waals surface area (Å²) < 4.78 is 44.1. The number of aromatic nitrogens is 4. The molecule has 0 aliphatic carbocycles. The van der Waals surface area contributed by atoms with Crippen LogP contribution in [0.15, 0.2) is 42.7 Å². The SMILES string of the molecule is COC(=O)[C@@H]1CN(Cc2c(-c3c(F)cc(-n4ccc(C(=O)O)n4)cc3F)nc3cc(C)ccn23)CCO1. The van der Waals surface area contributed by atoms with E-state index in [0.29, 0.717) is 24.5 Å². The number of methoxy groups -OCH3 is 1. The van der Waals surface area contributed by atoms with Gasteiger partial charge in [0.1, 0.15) is 17.3 Å². The maximum Gasteiger partial charge on any atom is 0.356 e. The molecule has 10 nitrogen and oxygen atoms in total. The Morgan fingerprint density at radius 2 is 1.95 bits per heavy atom. The number of imidazole rings is 1. The van der Waals surface area contributed by atoms with Crippen molar-refractivity contribution in [2.45, 2.75) is 19.6 Å². The van der Waals surface area contributed by atoms with Crippen LogP contribution in [-0.2, 0) is 20.8 Å². The molecule has 3 aromatic heterocycles. The number of carbonyl (C=O) groups is 2. The molecular formula is C25H23F2N5O5. The number of fused-ring (bicyclic) bond motifs is 1. The van der Waals surface area contributed by atoms with Crippen LogP contribution in [0.2, 0.25) is 0 Å². The number of hydrogen-bond donors (Lipinski definition) is 1. The standard InChI is InChI=1S/C25H23F2N5O5/c1-14-3-5-31-19(12-30-7-8-37-20(13-30)25(35)36-2)23(28-21(31)9-14)22-16(26)10-15(11-17(22)27)32-6-4-18(29-32)24(33)34/h3-6,9-11,20H,7-8,12-13H2,1-2H3,(H,33,34)/t20-/m0/s1. The van der Waals surface area contributed by atoms with E-state index in [1.54, 1.807) is 10.6 Å². The molecule has 1 atom stereocenters. The topological polar surface area (TPSA) is 111 Å². The summed E-state index contributed by atoms with van der Waals surface area (Å²) in [5.74, 6) is -3.49. The normalized spacial score (nSPS) is 16.3. The fourth-order valence-electron chi connectivity index (χ4n) is 4.38. The number of esters is 1. The van der Waals surface area contributed by atoms with E-state index in [0.717, 1.165) is 22.4 Å². The van der Waals surface area contributed by atoms with Gasteiger partial charge in [0.25, 0.3) is 0 Å². The van der Waals surface area contributed by atoms with Crippen molar-refractivity contribution in [3.63, 3.8) is 0 Å². The van der Waals surface area contributed by atoms with Crippen LogP contribution in [0.5, 0.6) is 0 Å². The van der Waals surface area contributed by atoms with E-state index in [1.165, 1.54) is 19.4 Å². The van der Waals surface area contributed by atoms with Gasteiger partial charge in [0, 0.05) is 44.2 Å². The van der Waals surface area contributed by atoms with Crippen LogP contribution >= 0.6 is 0 Å². The van der Waals surface area contributed by atoms with Gasteiger partial charge >= 0.3 is 11.9 Å². The first-order valence-corrected chi connectivity index (χ1v) is 11.4. The predicted molar refractivity (Wildman–Crippen MR) is 126 cm³/mol. The lowest BCUT2D eigenvalue weighted by molar-refractivity contribution is -0.160. The lowest BCUT2D eigenvalue weighted by Crippen LogP contribution is -2.46. The lowest BCUT2D eigenvalue weighted by Gasteiger charge is -2.31. The highest BCUT2D eigenvalue weighted by atomic mass is 19.1. The highest BCUT2D eigenvalue weighted by molar-refractivity contribution is 5.85. The maximum absolute atomic E-state index is 15.5. The first kappa shape index (κ1) is 24.5. The minimum Gasteiger partial charge on any atom is -0.476 e. The molecule has 0 radical (unpaired) electrons. The lowest BCUT2D eigenvalue weighted by atomic mass is 10.1. The summed E-state index contributed by atoms with van der Waals surface area (Å²) in [6.45, 7) is 3.19. The number of carboxylic acids is 1. The number of nitrogens with zero attached hydrogens (tertiary/aromatic N) is 5. The van der Waals surface area contributed by atoms with Gasteiger partial charge in [-0.05, 0) is 30.7 Å². The molecule has 12 heteroatoms. The molecule has 0 spiro atoms. The third-order valence-electron chi connectivity index (χ3n) is 6.21. The average molecular weight is 511 g/mol. The van der Waals surface area contributed by atoms with Gasteiger partial charge in [0.15, 0.2) is 11.8 Å². The van der Waals surface area contributed by atoms with Crippen molar-refractivity contribution in [1.29, 1.82) is 0 Å². The first-order chi connectivity index (χ1) is 17.7. The Balaban J connectivity index is 1.57. The second kappa shape index (κ2) is 9.71. The summed E-state index contributed by atoms with van der Waals surface area (Å²) in [7, 11) is 1.29. The molecule has 4 heterocycles. The minimum atomic E-state index is -1.25. The molecule has 1 aliphatic heterocycles. The van der Waals surface area contributed by atoms with Gasteiger partial charge < -0.3 is 19.0 Å². The van der Waals surface area contributed by atoms with Gasteiger partial charge in [0.2, 0.25) is 0 Å². The Bertz CT molecular complexity index is 1490. The number of carbonyl (C=O) groups excluding carboxylic acids is 1. The number of aromatic carboxylic acids is 1. The molecule has 4 aromatic rings. The van der Waals surface area contributed by atoms with E-state index in [4.69, 9.17) is 14.6 Å². The second-order valence-electron chi connectivity index (χ2n) is 8.69. The number of halogens is 2. The van der Waals surface area contributed by atoms with E-state index in [9.17, 15) is 9.59 Å². The summed E-state index contributed by atoms with van der Waals surface area (Å²) >= 11 is 0. The third kappa shape index (κ3) is 4.68. The van der Waals surface area contributed by atoms with Crippen molar-refractivity contribution >= 4 is 17.6 Å². The van der Waals surface area contributed by atoms with Crippen LogP contribution in [0.25, 0.3) is 22.6 Å². The van der Waals surface area contributed by atoms with E-state index < -0.39 is 29.7 Å². The molecule has 0 saturated carbocycles. The second-order valence-corrected chi connectivity index (χ2v) is 8.69. The molecule has 1 saturated heterocycles. The predicted octanol–water partition coefficient (Wildman–Crippen LogP) is 2.85. The van der Waals surface area contributed by atoms with Gasteiger partial charge in [-0.3, -0.25) is 4.90 Å². The molecule has 0 unspecified atom stereocenters. The van der Waals surface area contributed by atoms with E-state index in [1.807, 2.05) is 24.0 Å². The minimum absolute atomic E-state index is 0.0292. The number of pyridine rings is 1. The Labute approximate surface area is 209 Å². The highest BCUT2D eigenvalue weighted by Gasteiger charge is 2.30. The fraction of sp³-hybridized carbons (Fsp3) is 0.280. The molecule has 1 fully saturated rings. The number of rotatable bonds is 6. The van der Waals surface area contributed by atoms with Crippen LogP contribution in [0.1, 0.15) is 21.7 Å². The summed E-state index contributed by atoms with van der Waals surface area (Å²) in [5.41, 5.74) is 1.57. The van der Waals surface area contributed by atoms with Gasteiger partial charge in [-0.1, -0.05) is 0 Å². The Hall–Kier alpha value is -4.16. The number of hydrogen-bond acceptors (Lipinski definition) is 7. The number of morpholine rings is 1. The summed E-state index contributed by atoms with van der Waals surface area (Å²) in [6.07, 6.45) is 2.34. The van der Waals surface area contributed by atoms with Crippen molar-refractivity contribution in [3.8, 4) is 16.9 Å². The number of aryl methyl sites for hydroxylation is 1. The first-order valence-electron chi connectivity index (χ1n) is 11.4. The third-order valence-corrected chi connectivity index (χ3v) is 6.21. The molecule has 1 N–H and O–H groups in total. The summed E-state index contributed by atoms with van der Waals surface area (Å²) in [4.78, 5) is 29.6. The molecule has 0 bridgehead atoms. The molecule has 5 rings (SSSR count). The van der Waals surface area contributed by atoms with Gasteiger partial charge in [-0.15, -0.1) is 0 Å². The molecule has 37 heavy (non-hydrogen) atoms. The van der Waals surface area contributed by atoms with Gasteiger partial charge in [-0.25, -0.2) is 28.0 Å². The van der Waals surface area contributed by atoms with Crippen LogP contribution in [0.4, 0.5) is 8.78 Å². The van der Waals surface area contributed by atoms with E-state index in [-0.39, 0.29) is 35.7 Å². The van der Waals surface area contributed by atoms with Crippen molar-refractivity contribution < 1.29 is 33.0 Å². The zero-order chi connectivity index (χ0) is 26.3. The zero-order valence-corrected chi connectivity index (χ0v) is 20.0. The fourth-order valence-corrected chi connectivity index (χ4v) is 4.38. The molecule has 1 aromatic carbocycles. The maximum atomic E-state index is 15.5. The van der Waals surface area contributed by atoms with Crippen LogP contribution < -0.4 is 0 Å². The van der Waals surface area contributed by atoms with Gasteiger partial charge in [-0.2, -0.15) is 5.10 Å². The Morgan fingerprint density at radius 3 is 2.62 bits per heavy atom. The number of ether oxygens (including phenoxy) is 2. The smallest absolute Gasteiger partial charge is 0.356 e. The van der Waals surface area contributed by atoms with Crippen LogP contribution in [0.3, 0.4) is 0 Å². The quantitative estimate of drug-likeness (QED) is 0.394. The average Bonchev–Trinajstić information content (AvgIpc) is 3.49. The number of carboxylic acid groups (broad SMARTS) is 1. The van der Waals surface area contributed by atoms with Gasteiger partial charge in [0.05, 0.1) is 36.4 Å². The summed E-state index contributed by atoms with van der Waals surface area (Å²) in [6, 6.07) is 7.08. The Kier molecular flexibility index (Phi) is 6.44. The highest BCUT2D eigenvalue weighted by Crippen LogP contribution is 2.32.